The number of rotatable bonds is 2. The van der Waals surface area contributed by atoms with E-state index in [2.05, 4.69) is 31.0 Å². The first-order valence-electron chi connectivity index (χ1n) is 6.54. The zero-order chi connectivity index (χ0) is 14.3. The van der Waals surface area contributed by atoms with E-state index in [0.717, 1.165) is 5.56 Å². The fourth-order valence-corrected chi connectivity index (χ4v) is 2.14. The molecule has 1 aromatic heterocycles. The van der Waals surface area contributed by atoms with Crippen LogP contribution in [0.15, 0.2) is 40.8 Å². The molecule has 1 heterocycles. The van der Waals surface area contributed by atoms with Crippen LogP contribution in [0, 0.1) is 13.8 Å². The first kappa shape index (κ1) is 12.6. The number of carbonyl (C=O) groups excluding carboxylic acids is 1. The zero-order valence-corrected chi connectivity index (χ0v) is 11.7. The summed E-state index contributed by atoms with van der Waals surface area (Å²) in [5.74, 6) is 0.617. The van der Waals surface area contributed by atoms with Crippen LogP contribution >= 0.6 is 0 Å². The third-order valence-electron chi connectivity index (χ3n) is 3.55. The molecule has 100 valence electrons. The van der Waals surface area contributed by atoms with Gasteiger partial charge in [-0.2, -0.15) is 0 Å². The van der Waals surface area contributed by atoms with Gasteiger partial charge >= 0.3 is 0 Å². The molecule has 0 saturated heterocycles. The molecular formula is C17H15NO2. The lowest BCUT2D eigenvalue weighted by atomic mass is 10.1. The molecule has 0 unspecified atom stereocenters. The number of Topliss-reactive ketones (excluding diaryl/α,β-unsaturated/α-hetero) is 1. The van der Waals surface area contributed by atoms with Crippen molar-refractivity contribution in [2.75, 3.05) is 0 Å². The Labute approximate surface area is 117 Å². The maximum absolute atomic E-state index is 11.4. The van der Waals surface area contributed by atoms with Gasteiger partial charge in [0.2, 0.25) is 5.89 Å². The van der Waals surface area contributed by atoms with Crippen molar-refractivity contribution in [1.82, 2.24) is 4.98 Å². The predicted molar refractivity (Wildman–Crippen MR) is 78.9 cm³/mol. The van der Waals surface area contributed by atoms with Crippen molar-refractivity contribution in [3.05, 3.63) is 53.1 Å². The van der Waals surface area contributed by atoms with Gasteiger partial charge in [-0.1, -0.05) is 6.07 Å². The molecule has 0 amide bonds. The third kappa shape index (κ3) is 2.11. The fourth-order valence-electron chi connectivity index (χ4n) is 2.14. The molecule has 3 heteroatoms. The number of nitrogens with zero attached hydrogens (tertiary/aromatic N) is 1. The Morgan fingerprint density at radius 3 is 2.55 bits per heavy atom. The van der Waals surface area contributed by atoms with Crippen LogP contribution in [0.4, 0.5) is 0 Å². The van der Waals surface area contributed by atoms with Gasteiger partial charge in [-0.25, -0.2) is 4.98 Å². The average Bonchev–Trinajstić information content (AvgIpc) is 2.84. The van der Waals surface area contributed by atoms with E-state index in [4.69, 9.17) is 4.42 Å². The molecule has 0 spiro atoms. The molecule has 0 aliphatic heterocycles. The maximum Gasteiger partial charge on any atom is 0.227 e. The Morgan fingerprint density at radius 2 is 1.85 bits per heavy atom. The van der Waals surface area contributed by atoms with E-state index in [-0.39, 0.29) is 5.78 Å². The van der Waals surface area contributed by atoms with Crippen molar-refractivity contribution in [2.45, 2.75) is 20.8 Å². The number of fused-ring (bicyclic) bond motifs is 1. The number of hydrogen-bond acceptors (Lipinski definition) is 3. The van der Waals surface area contributed by atoms with Crippen molar-refractivity contribution in [3.63, 3.8) is 0 Å². The summed E-state index contributed by atoms with van der Waals surface area (Å²) in [6.07, 6.45) is 0. The minimum atomic E-state index is 0.0302. The van der Waals surface area contributed by atoms with E-state index in [1.54, 1.807) is 25.1 Å². The van der Waals surface area contributed by atoms with Gasteiger partial charge in [-0.3, -0.25) is 4.79 Å². The second-order valence-electron chi connectivity index (χ2n) is 5.06. The summed E-state index contributed by atoms with van der Waals surface area (Å²) < 4.78 is 5.76. The zero-order valence-electron chi connectivity index (χ0n) is 11.7. The Kier molecular flexibility index (Phi) is 2.90. The smallest absolute Gasteiger partial charge is 0.227 e. The lowest BCUT2D eigenvalue weighted by Crippen LogP contribution is -1.90. The highest BCUT2D eigenvalue weighted by Crippen LogP contribution is 2.26. The summed E-state index contributed by atoms with van der Waals surface area (Å²) in [5.41, 5.74) is 5.46. The quantitative estimate of drug-likeness (QED) is 0.648. The first-order valence-corrected chi connectivity index (χ1v) is 6.54. The minimum Gasteiger partial charge on any atom is -0.436 e. The summed E-state index contributed by atoms with van der Waals surface area (Å²) in [7, 11) is 0. The van der Waals surface area contributed by atoms with Gasteiger partial charge in [-0.05, 0) is 62.2 Å². The van der Waals surface area contributed by atoms with Crippen LogP contribution in [-0.2, 0) is 0 Å². The summed E-state index contributed by atoms with van der Waals surface area (Å²) in [6.45, 7) is 5.69. The topological polar surface area (TPSA) is 43.1 Å². The lowest BCUT2D eigenvalue weighted by Gasteiger charge is -2.01. The number of ketones is 1. The average molecular weight is 265 g/mol. The molecule has 0 bridgehead atoms. The van der Waals surface area contributed by atoms with Gasteiger partial charge < -0.3 is 4.42 Å². The second kappa shape index (κ2) is 4.60. The van der Waals surface area contributed by atoms with E-state index < -0.39 is 0 Å². The van der Waals surface area contributed by atoms with Gasteiger partial charge in [0.05, 0.1) is 0 Å². The van der Waals surface area contributed by atoms with Crippen LogP contribution < -0.4 is 0 Å². The van der Waals surface area contributed by atoms with Gasteiger partial charge in [0.25, 0.3) is 0 Å². The van der Waals surface area contributed by atoms with Crippen LogP contribution in [0.2, 0.25) is 0 Å². The predicted octanol–water partition coefficient (Wildman–Crippen LogP) is 4.31. The largest absolute Gasteiger partial charge is 0.436 e. The highest BCUT2D eigenvalue weighted by molar-refractivity contribution is 5.97. The molecule has 2 aromatic carbocycles. The van der Waals surface area contributed by atoms with Gasteiger partial charge in [0.1, 0.15) is 5.52 Å². The minimum absolute atomic E-state index is 0.0302. The lowest BCUT2D eigenvalue weighted by molar-refractivity contribution is 0.101. The Balaban J connectivity index is 2.12. The molecule has 0 radical (unpaired) electrons. The number of oxazole rings is 1. The van der Waals surface area contributed by atoms with Gasteiger partial charge in [0.15, 0.2) is 11.4 Å². The molecule has 3 nitrogen and oxygen atoms in total. The molecule has 0 aliphatic rings. The highest BCUT2D eigenvalue weighted by Gasteiger charge is 2.10. The first-order chi connectivity index (χ1) is 9.54. The van der Waals surface area contributed by atoms with Crippen molar-refractivity contribution in [3.8, 4) is 11.5 Å². The highest BCUT2D eigenvalue weighted by atomic mass is 16.3. The molecule has 0 saturated carbocycles. The number of aromatic nitrogens is 1. The van der Waals surface area contributed by atoms with Crippen molar-refractivity contribution in [2.24, 2.45) is 0 Å². The van der Waals surface area contributed by atoms with Crippen LogP contribution in [0.25, 0.3) is 22.6 Å². The molecule has 20 heavy (non-hydrogen) atoms. The van der Waals surface area contributed by atoms with E-state index in [1.165, 1.54) is 11.1 Å². The molecule has 0 aliphatic carbocycles. The van der Waals surface area contributed by atoms with Crippen molar-refractivity contribution >= 4 is 16.9 Å². The number of benzene rings is 2. The van der Waals surface area contributed by atoms with E-state index in [9.17, 15) is 4.79 Å². The van der Waals surface area contributed by atoms with Crippen molar-refractivity contribution < 1.29 is 9.21 Å². The summed E-state index contributed by atoms with van der Waals surface area (Å²) >= 11 is 0. The number of aryl methyl sites for hydroxylation is 2. The summed E-state index contributed by atoms with van der Waals surface area (Å²) in [4.78, 5) is 15.9. The standard InChI is InChI=1S/C17H15NO2/c1-10-4-5-14(8-11(10)2)17-18-15-9-13(12(3)19)6-7-16(15)20-17/h4-9H,1-3H3. The Bertz CT molecular complexity index is 815. The van der Waals surface area contributed by atoms with Crippen LogP contribution in [0.1, 0.15) is 28.4 Å². The number of hydrogen-bond donors (Lipinski definition) is 0. The Hall–Kier alpha value is -2.42. The molecule has 0 fully saturated rings. The van der Waals surface area contributed by atoms with Gasteiger partial charge in [-0.15, -0.1) is 0 Å². The molecule has 0 N–H and O–H groups in total. The van der Waals surface area contributed by atoms with Crippen molar-refractivity contribution in [1.29, 1.82) is 0 Å². The third-order valence-corrected chi connectivity index (χ3v) is 3.55. The SMILES string of the molecule is CC(=O)c1ccc2oc(-c3ccc(C)c(C)c3)nc2c1. The monoisotopic (exact) mass is 265 g/mol. The normalized spacial score (nSPS) is 10.9. The van der Waals surface area contributed by atoms with Crippen LogP contribution in [-0.4, -0.2) is 10.8 Å². The summed E-state index contributed by atoms with van der Waals surface area (Å²) in [5, 5.41) is 0. The van der Waals surface area contributed by atoms with E-state index >= 15 is 0 Å². The molecule has 0 atom stereocenters. The molecular weight excluding hydrogens is 250 g/mol. The molecule has 3 aromatic rings. The summed E-state index contributed by atoms with van der Waals surface area (Å²) in [6, 6.07) is 11.4. The van der Waals surface area contributed by atoms with E-state index in [1.807, 2.05) is 6.07 Å². The van der Waals surface area contributed by atoms with Crippen LogP contribution in [0.5, 0.6) is 0 Å². The second-order valence-corrected chi connectivity index (χ2v) is 5.06. The van der Waals surface area contributed by atoms with E-state index in [0.29, 0.717) is 22.6 Å². The maximum atomic E-state index is 11.4. The van der Waals surface area contributed by atoms with Gasteiger partial charge in [0, 0.05) is 11.1 Å². The number of carbonyl (C=O) groups is 1. The fraction of sp³-hybridized carbons (Fsp3) is 0.176. The van der Waals surface area contributed by atoms with Crippen LogP contribution in [0.3, 0.4) is 0 Å². The molecule has 3 rings (SSSR count). The Morgan fingerprint density at radius 1 is 1.05 bits per heavy atom.